The molecule has 0 aromatic carbocycles. The highest BCUT2D eigenvalue weighted by Crippen LogP contribution is 2.28. The van der Waals surface area contributed by atoms with Crippen LogP contribution >= 0.6 is 11.8 Å². The average Bonchev–Trinajstić information content (AvgIpc) is 2.67. The molecule has 1 rings (SSSR count). The largest absolute Gasteiger partial charge is 0.311 e. The SMILES string of the molecule is CCSCC(C)NC(C)CC1CCCC1. The van der Waals surface area contributed by atoms with Gasteiger partial charge in [-0.05, 0) is 31.9 Å². The van der Waals surface area contributed by atoms with E-state index in [1.165, 1.54) is 43.6 Å². The normalized spacial score (nSPS) is 21.8. The van der Waals surface area contributed by atoms with E-state index in [0.29, 0.717) is 12.1 Å². The molecule has 0 bridgehead atoms. The van der Waals surface area contributed by atoms with Gasteiger partial charge < -0.3 is 5.32 Å². The lowest BCUT2D eigenvalue weighted by molar-refractivity contribution is 0.386. The van der Waals surface area contributed by atoms with Crippen molar-refractivity contribution in [1.82, 2.24) is 5.32 Å². The molecule has 0 aliphatic heterocycles. The molecule has 2 heteroatoms. The zero-order chi connectivity index (χ0) is 11.1. The Kier molecular flexibility index (Phi) is 6.74. The lowest BCUT2D eigenvalue weighted by Crippen LogP contribution is -2.37. The van der Waals surface area contributed by atoms with Crippen LogP contribution in [-0.4, -0.2) is 23.6 Å². The van der Waals surface area contributed by atoms with Gasteiger partial charge in [-0.2, -0.15) is 11.8 Å². The predicted molar refractivity (Wildman–Crippen MR) is 71.6 cm³/mol. The van der Waals surface area contributed by atoms with Crippen LogP contribution in [0.4, 0.5) is 0 Å². The molecule has 15 heavy (non-hydrogen) atoms. The van der Waals surface area contributed by atoms with E-state index < -0.39 is 0 Å². The first kappa shape index (κ1) is 13.4. The van der Waals surface area contributed by atoms with Crippen molar-refractivity contribution in [3.05, 3.63) is 0 Å². The Labute approximate surface area is 99.8 Å². The zero-order valence-corrected chi connectivity index (χ0v) is 11.4. The summed E-state index contributed by atoms with van der Waals surface area (Å²) in [5, 5.41) is 3.72. The van der Waals surface area contributed by atoms with Gasteiger partial charge in [0, 0.05) is 17.8 Å². The first-order chi connectivity index (χ1) is 7.22. The molecule has 0 amide bonds. The second-order valence-corrected chi connectivity index (χ2v) is 6.33. The Morgan fingerprint density at radius 2 is 1.87 bits per heavy atom. The van der Waals surface area contributed by atoms with Gasteiger partial charge in [0.25, 0.3) is 0 Å². The molecule has 1 N–H and O–H groups in total. The zero-order valence-electron chi connectivity index (χ0n) is 10.6. The molecule has 90 valence electrons. The fraction of sp³-hybridized carbons (Fsp3) is 1.00. The van der Waals surface area contributed by atoms with E-state index in [1.807, 2.05) is 11.8 Å². The monoisotopic (exact) mass is 229 g/mol. The maximum absolute atomic E-state index is 3.72. The van der Waals surface area contributed by atoms with Crippen LogP contribution in [0.2, 0.25) is 0 Å². The highest BCUT2D eigenvalue weighted by Gasteiger charge is 2.18. The van der Waals surface area contributed by atoms with E-state index in [0.717, 1.165) is 5.92 Å². The van der Waals surface area contributed by atoms with Gasteiger partial charge in [0.2, 0.25) is 0 Å². The summed E-state index contributed by atoms with van der Waals surface area (Å²) in [4.78, 5) is 0. The third kappa shape index (κ3) is 5.82. The van der Waals surface area contributed by atoms with Crippen molar-refractivity contribution >= 4 is 11.8 Å². The second kappa shape index (κ2) is 7.56. The van der Waals surface area contributed by atoms with Crippen molar-refractivity contribution in [2.24, 2.45) is 5.92 Å². The summed E-state index contributed by atoms with van der Waals surface area (Å²) >= 11 is 2.04. The van der Waals surface area contributed by atoms with Crippen LogP contribution in [0, 0.1) is 5.92 Å². The van der Waals surface area contributed by atoms with Crippen LogP contribution in [0.3, 0.4) is 0 Å². The Hall–Kier alpha value is 0.310. The summed E-state index contributed by atoms with van der Waals surface area (Å²) in [6, 6.07) is 1.38. The van der Waals surface area contributed by atoms with Gasteiger partial charge in [-0.1, -0.05) is 32.6 Å². The number of nitrogens with one attached hydrogen (secondary N) is 1. The van der Waals surface area contributed by atoms with Crippen molar-refractivity contribution in [3.63, 3.8) is 0 Å². The number of hydrogen-bond donors (Lipinski definition) is 1. The highest BCUT2D eigenvalue weighted by atomic mass is 32.2. The van der Waals surface area contributed by atoms with Crippen molar-refractivity contribution in [3.8, 4) is 0 Å². The molecule has 0 aromatic heterocycles. The minimum atomic E-state index is 0.673. The lowest BCUT2D eigenvalue weighted by Gasteiger charge is -2.22. The van der Waals surface area contributed by atoms with Gasteiger partial charge >= 0.3 is 0 Å². The maximum Gasteiger partial charge on any atom is 0.0132 e. The summed E-state index contributed by atoms with van der Waals surface area (Å²) in [6.07, 6.45) is 7.28. The molecular formula is C13H27NS. The van der Waals surface area contributed by atoms with Gasteiger partial charge in [0.15, 0.2) is 0 Å². The van der Waals surface area contributed by atoms with Crippen molar-refractivity contribution in [2.45, 2.75) is 65.0 Å². The molecule has 0 spiro atoms. The van der Waals surface area contributed by atoms with E-state index in [4.69, 9.17) is 0 Å². The summed E-state index contributed by atoms with van der Waals surface area (Å²) in [6.45, 7) is 6.90. The van der Waals surface area contributed by atoms with Gasteiger partial charge in [0.05, 0.1) is 0 Å². The molecule has 2 atom stereocenters. The fourth-order valence-corrected chi connectivity index (χ4v) is 3.33. The summed E-state index contributed by atoms with van der Waals surface area (Å²) in [5.41, 5.74) is 0. The highest BCUT2D eigenvalue weighted by molar-refractivity contribution is 7.99. The van der Waals surface area contributed by atoms with Gasteiger partial charge in [-0.3, -0.25) is 0 Å². The van der Waals surface area contributed by atoms with E-state index in [1.54, 1.807) is 0 Å². The fourth-order valence-electron chi connectivity index (χ4n) is 2.64. The number of hydrogen-bond acceptors (Lipinski definition) is 2. The van der Waals surface area contributed by atoms with E-state index in [2.05, 4.69) is 26.1 Å². The predicted octanol–water partition coefficient (Wildman–Crippen LogP) is 3.69. The summed E-state index contributed by atoms with van der Waals surface area (Å²) in [5.74, 6) is 3.51. The molecule has 0 radical (unpaired) electrons. The minimum Gasteiger partial charge on any atom is -0.311 e. The molecule has 0 saturated heterocycles. The van der Waals surface area contributed by atoms with Crippen LogP contribution in [0.5, 0.6) is 0 Å². The Balaban J connectivity index is 2.08. The quantitative estimate of drug-likeness (QED) is 0.714. The van der Waals surface area contributed by atoms with Gasteiger partial charge in [-0.25, -0.2) is 0 Å². The molecule has 0 aromatic rings. The van der Waals surface area contributed by atoms with Crippen molar-refractivity contribution in [2.75, 3.05) is 11.5 Å². The lowest BCUT2D eigenvalue weighted by atomic mass is 9.99. The van der Waals surface area contributed by atoms with Crippen LogP contribution in [0.15, 0.2) is 0 Å². The van der Waals surface area contributed by atoms with Gasteiger partial charge in [-0.15, -0.1) is 0 Å². The molecule has 1 fully saturated rings. The van der Waals surface area contributed by atoms with E-state index in [9.17, 15) is 0 Å². The Morgan fingerprint density at radius 3 is 2.47 bits per heavy atom. The Morgan fingerprint density at radius 1 is 1.20 bits per heavy atom. The third-order valence-electron chi connectivity index (χ3n) is 3.30. The van der Waals surface area contributed by atoms with Crippen molar-refractivity contribution in [1.29, 1.82) is 0 Å². The standard InChI is InChI=1S/C13H27NS/c1-4-15-10-12(3)14-11(2)9-13-7-5-6-8-13/h11-14H,4-10H2,1-3H3. The molecule has 1 aliphatic carbocycles. The van der Waals surface area contributed by atoms with Crippen molar-refractivity contribution < 1.29 is 0 Å². The summed E-state index contributed by atoms with van der Waals surface area (Å²) in [7, 11) is 0. The Bertz CT molecular complexity index is 155. The summed E-state index contributed by atoms with van der Waals surface area (Å²) < 4.78 is 0. The maximum atomic E-state index is 3.72. The average molecular weight is 229 g/mol. The molecule has 1 aliphatic rings. The van der Waals surface area contributed by atoms with Crippen LogP contribution in [-0.2, 0) is 0 Å². The van der Waals surface area contributed by atoms with Crippen LogP contribution in [0.1, 0.15) is 52.9 Å². The second-order valence-electron chi connectivity index (χ2n) is 5.01. The van der Waals surface area contributed by atoms with E-state index >= 15 is 0 Å². The van der Waals surface area contributed by atoms with Gasteiger partial charge in [0.1, 0.15) is 0 Å². The topological polar surface area (TPSA) is 12.0 Å². The molecule has 1 nitrogen and oxygen atoms in total. The molecule has 0 heterocycles. The number of rotatable bonds is 7. The first-order valence-electron chi connectivity index (χ1n) is 6.56. The molecule has 1 saturated carbocycles. The number of thioether (sulfide) groups is 1. The molecular weight excluding hydrogens is 202 g/mol. The first-order valence-corrected chi connectivity index (χ1v) is 7.71. The minimum absolute atomic E-state index is 0.673. The smallest absolute Gasteiger partial charge is 0.0132 e. The third-order valence-corrected chi connectivity index (χ3v) is 4.45. The molecule has 2 unspecified atom stereocenters. The van der Waals surface area contributed by atoms with E-state index in [-0.39, 0.29) is 0 Å². The van der Waals surface area contributed by atoms with Crippen LogP contribution < -0.4 is 5.32 Å². The van der Waals surface area contributed by atoms with Crippen LogP contribution in [0.25, 0.3) is 0 Å².